The fourth-order valence-corrected chi connectivity index (χ4v) is 5.29. The molecule has 0 bridgehead atoms. The van der Waals surface area contributed by atoms with E-state index in [0.717, 1.165) is 28.5 Å². The third kappa shape index (κ3) is 2.66. The Labute approximate surface area is 155 Å². The third-order valence-electron chi connectivity index (χ3n) is 5.46. The Morgan fingerprint density at radius 3 is 2.38 bits per heavy atom. The summed E-state index contributed by atoms with van der Waals surface area (Å²) in [4.78, 5) is 0.380. The van der Waals surface area contributed by atoms with E-state index in [1.807, 2.05) is 24.3 Å². The number of nitrogens with zero attached hydrogens (tertiary/aromatic N) is 2. The van der Waals surface area contributed by atoms with Crippen LogP contribution < -0.4 is 0 Å². The number of aryl methyl sites for hydroxylation is 1. The first kappa shape index (κ1) is 17.3. The lowest BCUT2D eigenvalue weighted by Crippen LogP contribution is -2.36. The van der Waals surface area contributed by atoms with E-state index in [2.05, 4.69) is 37.6 Å². The highest BCUT2D eigenvalue weighted by Crippen LogP contribution is 2.32. The summed E-state index contributed by atoms with van der Waals surface area (Å²) in [6.45, 7) is 5.17. The summed E-state index contributed by atoms with van der Waals surface area (Å²) < 4.78 is 30.1. The average Bonchev–Trinajstić information content (AvgIpc) is 2.94. The molecule has 0 fully saturated rings. The molecule has 0 aliphatic carbocycles. The van der Waals surface area contributed by atoms with Crippen LogP contribution in [-0.4, -0.2) is 23.8 Å². The third-order valence-corrected chi connectivity index (χ3v) is 7.32. The van der Waals surface area contributed by atoms with Crippen LogP contribution in [0.25, 0.3) is 10.9 Å². The lowest BCUT2D eigenvalue weighted by Gasteiger charge is -2.27. The van der Waals surface area contributed by atoms with Crippen LogP contribution in [0.15, 0.2) is 53.4 Å². The highest BCUT2D eigenvalue weighted by Gasteiger charge is 2.31. The average molecular weight is 369 g/mol. The van der Waals surface area contributed by atoms with Gasteiger partial charge in [0.15, 0.2) is 0 Å². The number of benzene rings is 2. The largest absolute Gasteiger partial charge is 0.347 e. The molecule has 4 rings (SSSR count). The maximum Gasteiger partial charge on any atom is 0.243 e. The van der Waals surface area contributed by atoms with Gasteiger partial charge in [0.2, 0.25) is 10.0 Å². The van der Waals surface area contributed by atoms with Crippen molar-refractivity contribution in [3.8, 4) is 0 Å². The summed E-state index contributed by atoms with van der Waals surface area (Å²) in [7, 11) is -1.42. The van der Waals surface area contributed by atoms with Crippen LogP contribution in [-0.2, 0) is 30.0 Å². The number of fused-ring (bicyclic) bond motifs is 3. The van der Waals surface area contributed by atoms with Gasteiger partial charge in [-0.25, -0.2) is 8.42 Å². The van der Waals surface area contributed by atoms with Gasteiger partial charge in [-0.3, -0.25) is 0 Å². The van der Waals surface area contributed by atoms with Crippen molar-refractivity contribution in [2.24, 2.45) is 7.05 Å². The minimum atomic E-state index is -3.48. The lowest BCUT2D eigenvalue weighted by molar-refractivity contribution is 0.388. The van der Waals surface area contributed by atoms with E-state index in [1.165, 1.54) is 5.69 Å². The highest BCUT2D eigenvalue weighted by molar-refractivity contribution is 7.89. The Bertz CT molecular complexity index is 1060. The number of para-hydroxylation sites is 1. The molecule has 3 aromatic rings. The Hall–Kier alpha value is -2.11. The van der Waals surface area contributed by atoms with Crippen molar-refractivity contribution < 1.29 is 8.42 Å². The van der Waals surface area contributed by atoms with Gasteiger partial charge in [0.05, 0.1) is 4.90 Å². The van der Waals surface area contributed by atoms with E-state index >= 15 is 0 Å². The Morgan fingerprint density at radius 1 is 1.00 bits per heavy atom. The SMILES string of the molecule is CC(C)c1ccc(S(=O)(=O)N2CCc3c(c4ccccc4n3C)C2)cc1. The predicted octanol–water partition coefficient (Wildman–Crippen LogP) is 4.05. The molecule has 2 aromatic carbocycles. The molecule has 1 aliphatic rings. The van der Waals surface area contributed by atoms with Gasteiger partial charge in [-0.1, -0.05) is 44.2 Å². The van der Waals surface area contributed by atoms with Crippen LogP contribution in [0.1, 0.15) is 36.6 Å². The molecule has 4 nitrogen and oxygen atoms in total. The first-order chi connectivity index (χ1) is 12.4. The maximum absolute atomic E-state index is 13.1. The molecule has 0 unspecified atom stereocenters. The number of sulfonamides is 1. The van der Waals surface area contributed by atoms with Gasteiger partial charge in [-0.05, 0) is 35.2 Å². The first-order valence-corrected chi connectivity index (χ1v) is 10.5. The van der Waals surface area contributed by atoms with Gasteiger partial charge in [-0.2, -0.15) is 4.31 Å². The fourth-order valence-electron chi connectivity index (χ4n) is 3.88. The van der Waals surface area contributed by atoms with Gasteiger partial charge in [0.25, 0.3) is 0 Å². The summed E-state index contributed by atoms with van der Waals surface area (Å²) in [5.41, 5.74) is 4.70. The van der Waals surface area contributed by atoms with Gasteiger partial charge in [0.1, 0.15) is 0 Å². The van der Waals surface area contributed by atoms with Crippen LogP contribution in [0.3, 0.4) is 0 Å². The second-order valence-electron chi connectivity index (χ2n) is 7.31. The smallest absolute Gasteiger partial charge is 0.243 e. The van der Waals surface area contributed by atoms with Gasteiger partial charge >= 0.3 is 0 Å². The van der Waals surface area contributed by atoms with Crippen molar-refractivity contribution in [1.29, 1.82) is 0 Å². The van der Waals surface area contributed by atoms with E-state index < -0.39 is 10.0 Å². The zero-order chi connectivity index (χ0) is 18.5. The molecule has 136 valence electrons. The predicted molar refractivity (Wildman–Crippen MR) is 105 cm³/mol. The molecule has 0 saturated heterocycles. The summed E-state index contributed by atoms with van der Waals surface area (Å²) in [5.74, 6) is 0.389. The molecule has 0 saturated carbocycles. The van der Waals surface area contributed by atoms with Crippen molar-refractivity contribution in [1.82, 2.24) is 8.87 Å². The highest BCUT2D eigenvalue weighted by atomic mass is 32.2. The van der Waals surface area contributed by atoms with Crippen molar-refractivity contribution >= 4 is 20.9 Å². The summed E-state index contributed by atoms with van der Waals surface area (Å²) in [6, 6.07) is 15.5. The normalized spacial score (nSPS) is 15.5. The number of aromatic nitrogens is 1. The van der Waals surface area contributed by atoms with Gasteiger partial charge < -0.3 is 4.57 Å². The van der Waals surface area contributed by atoms with E-state index in [4.69, 9.17) is 0 Å². The minimum absolute atomic E-state index is 0.380. The molecule has 0 radical (unpaired) electrons. The number of hydrogen-bond donors (Lipinski definition) is 0. The molecule has 26 heavy (non-hydrogen) atoms. The second kappa shape index (κ2) is 6.25. The van der Waals surface area contributed by atoms with Crippen LogP contribution in [0.2, 0.25) is 0 Å². The van der Waals surface area contributed by atoms with Crippen LogP contribution in [0.5, 0.6) is 0 Å². The molecular formula is C21H24N2O2S. The molecule has 0 amide bonds. The number of rotatable bonds is 3. The van der Waals surface area contributed by atoms with Crippen molar-refractivity contribution in [2.75, 3.05) is 6.54 Å². The Balaban J connectivity index is 1.71. The van der Waals surface area contributed by atoms with Crippen LogP contribution in [0.4, 0.5) is 0 Å². The van der Waals surface area contributed by atoms with Crippen LogP contribution >= 0.6 is 0 Å². The number of hydrogen-bond acceptors (Lipinski definition) is 2. The first-order valence-electron chi connectivity index (χ1n) is 9.05. The topological polar surface area (TPSA) is 42.3 Å². The zero-order valence-corrected chi connectivity index (χ0v) is 16.3. The zero-order valence-electron chi connectivity index (χ0n) is 15.4. The summed E-state index contributed by atoms with van der Waals surface area (Å²) in [6.07, 6.45) is 0.740. The molecule has 0 N–H and O–H groups in total. The second-order valence-corrected chi connectivity index (χ2v) is 9.25. The quantitative estimate of drug-likeness (QED) is 0.700. The minimum Gasteiger partial charge on any atom is -0.347 e. The van der Waals surface area contributed by atoms with Gasteiger partial charge in [0, 0.05) is 43.2 Å². The van der Waals surface area contributed by atoms with E-state index in [0.29, 0.717) is 23.9 Å². The molecular weight excluding hydrogens is 344 g/mol. The summed E-state index contributed by atoms with van der Waals surface area (Å²) in [5, 5.41) is 1.15. The standard InChI is InChI=1S/C21H24N2O2S/c1-15(2)16-8-10-17(11-9-16)26(24,25)23-13-12-21-19(14-23)18-6-4-5-7-20(18)22(21)3/h4-11,15H,12-14H2,1-3H3. The maximum atomic E-state index is 13.1. The van der Waals surface area contributed by atoms with Crippen molar-refractivity contribution in [2.45, 2.75) is 37.6 Å². The summed E-state index contributed by atoms with van der Waals surface area (Å²) >= 11 is 0. The van der Waals surface area contributed by atoms with E-state index in [-0.39, 0.29) is 0 Å². The molecule has 0 atom stereocenters. The van der Waals surface area contributed by atoms with Crippen LogP contribution in [0, 0.1) is 0 Å². The molecule has 2 heterocycles. The van der Waals surface area contributed by atoms with E-state index in [1.54, 1.807) is 16.4 Å². The fraction of sp³-hybridized carbons (Fsp3) is 0.333. The van der Waals surface area contributed by atoms with Gasteiger partial charge in [-0.15, -0.1) is 0 Å². The monoisotopic (exact) mass is 368 g/mol. The molecule has 0 spiro atoms. The Kier molecular flexibility index (Phi) is 4.16. The molecule has 1 aliphatic heterocycles. The Morgan fingerprint density at radius 2 is 1.69 bits per heavy atom. The molecule has 1 aromatic heterocycles. The lowest BCUT2D eigenvalue weighted by atomic mass is 10.0. The van der Waals surface area contributed by atoms with Crippen molar-refractivity contribution in [3.63, 3.8) is 0 Å². The molecule has 5 heteroatoms. The van der Waals surface area contributed by atoms with Crippen molar-refractivity contribution in [3.05, 3.63) is 65.4 Å². The van der Waals surface area contributed by atoms with E-state index in [9.17, 15) is 8.42 Å².